The van der Waals surface area contributed by atoms with Crippen molar-refractivity contribution < 1.29 is 9.59 Å². The third-order valence-electron chi connectivity index (χ3n) is 4.94. The largest absolute Gasteiger partial charge is 0.351 e. The number of carbonyl (C=O) groups is 2. The van der Waals surface area contributed by atoms with E-state index in [1.807, 2.05) is 35.8 Å². The fourth-order valence-corrected chi connectivity index (χ4v) is 3.35. The van der Waals surface area contributed by atoms with Crippen LogP contribution in [0.25, 0.3) is 0 Å². The van der Waals surface area contributed by atoms with Crippen LogP contribution in [-0.4, -0.2) is 27.9 Å². The van der Waals surface area contributed by atoms with Gasteiger partial charge in [-0.2, -0.15) is 0 Å². The molecule has 1 aliphatic rings. The molecule has 27 heavy (non-hydrogen) atoms. The van der Waals surface area contributed by atoms with E-state index in [9.17, 15) is 9.59 Å². The first-order valence-electron chi connectivity index (χ1n) is 9.72. The van der Waals surface area contributed by atoms with Crippen LogP contribution in [-0.2, 0) is 13.0 Å². The zero-order chi connectivity index (χ0) is 19.4. The minimum atomic E-state index is -0.270. The molecule has 6 heteroatoms. The molecule has 0 spiro atoms. The zero-order valence-corrected chi connectivity index (χ0v) is 16.3. The summed E-state index contributed by atoms with van der Waals surface area (Å²) in [5.41, 5.74) is 3.02. The highest BCUT2D eigenvalue weighted by atomic mass is 16.2. The SMILES string of the molecule is Cc1ccccc1NC(=O)c1nc(C(=O)NCCC(C)C)c2n1CCCC2. The first-order chi connectivity index (χ1) is 13.0. The van der Waals surface area contributed by atoms with Gasteiger partial charge in [-0.1, -0.05) is 32.0 Å². The van der Waals surface area contributed by atoms with Crippen molar-refractivity contribution in [1.82, 2.24) is 14.9 Å². The van der Waals surface area contributed by atoms with Gasteiger partial charge in [-0.15, -0.1) is 0 Å². The van der Waals surface area contributed by atoms with Gasteiger partial charge in [0.05, 0.1) is 5.69 Å². The molecule has 144 valence electrons. The van der Waals surface area contributed by atoms with Crippen molar-refractivity contribution in [3.05, 3.63) is 47.0 Å². The second kappa shape index (κ2) is 8.37. The normalized spacial score (nSPS) is 13.3. The van der Waals surface area contributed by atoms with Gasteiger partial charge in [-0.3, -0.25) is 9.59 Å². The summed E-state index contributed by atoms with van der Waals surface area (Å²) in [5, 5.41) is 5.88. The van der Waals surface area contributed by atoms with Crippen LogP contribution >= 0.6 is 0 Å². The maximum atomic E-state index is 12.9. The number of nitrogens with zero attached hydrogens (tertiary/aromatic N) is 2. The molecule has 1 aliphatic heterocycles. The minimum absolute atomic E-state index is 0.184. The highest BCUT2D eigenvalue weighted by molar-refractivity contribution is 6.04. The summed E-state index contributed by atoms with van der Waals surface area (Å²) < 4.78 is 1.91. The molecule has 0 fully saturated rings. The number of rotatable bonds is 6. The van der Waals surface area contributed by atoms with Crippen molar-refractivity contribution in [3.63, 3.8) is 0 Å². The van der Waals surface area contributed by atoms with Crippen molar-refractivity contribution in [3.8, 4) is 0 Å². The highest BCUT2D eigenvalue weighted by Crippen LogP contribution is 2.22. The molecule has 1 aromatic heterocycles. The zero-order valence-electron chi connectivity index (χ0n) is 16.3. The van der Waals surface area contributed by atoms with E-state index in [0.29, 0.717) is 24.0 Å². The number of hydrogen-bond acceptors (Lipinski definition) is 3. The smallest absolute Gasteiger partial charge is 0.291 e. The first kappa shape index (κ1) is 19.1. The number of fused-ring (bicyclic) bond motifs is 1. The van der Waals surface area contributed by atoms with E-state index >= 15 is 0 Å². The molecular weight excluding hydrogens is 340 g/mol. The first-order valence-corrected chi connectivity index (χ1v) is 9.72. The lowest BCUT2D eigenvalue weighted by Crippen LogP contribution is -2.27. The average Bonchev–Trinajstić information content (AvgIpc) is 3.03. The number of aromatic nitrogens is 2. The summed E-state index contributed by atoms with van der Waals surface area (Å²) >= 11 is 0. The third kappa shape index (κ3) is 4.38. The molecule has 0 saturated carbocycles. The predicted molar refractivity (Wildman–Crippen MR) is 106 cm³/mol. The van der Waals surface area contributed by atoms with Crippen LogP contribution in [0.3, 0.4) is 0 Å². The van der Waals surface area contributed by atoms with Crippen LogP contribution < -0.4 is 10.6 Å². The van der Waals surface area contributed by atoms with Gasteiger partial charge in [0.25, 0.3) is 11.8 Å². The number of imidazole rings is 1. The van der Waals surface area contributed by atoms with Gasteiger partial charge in [0.2, 0.25) is 0 Å². The molecule has 0 bridgehead atoms. The van der Waals surface area contributed by atoms with E-state index in [4.69, 9.17) is 0 Å². The lowest BCUT2D eigenvalue weighted by Gasteiger charge is -2.17. The topological polar surface area (TPSA) is 76.0 Å². The predicted octanol–water partition coefficient (Wildman–Crippen LogP) is 3.56. The van der Waals surface area contributed by atoms with E-state index in [1.165, 1.54) is 0 Å². The van der Waals surface area contributed by atoms with Crippen LogP contribution in [0.1, 0.15) is 65.5 Å². The van der Waals surface area contributed by atoms with E-state index in [-0.39, 0.29) is 11.8 Å². The molecule has 2 aromatic rings. The van der Waals surface area contributed by atoms with E-state index < -0.39 is 0 Å². The number of aryl methyl sites for hydroxylation is 1. The van der Waals surface area contributed by atoms with Crippen molar-refractivity contribution >= 4 is 17.5 Å². The quantitative estimate of drug-likeness (QED) is 0.819. The maximum Gasteiger partial charge on any atom is 0.291 e. The summed E-state index contributed by atoms with van der Waals surface area (Å²) in [6.45, 7) is 7.53. The van der Waals surface area contributed by atoms with Crippen LogP contribution in [0.2, 0.25) is 0 Å². The van der Waals surface area contributed by atoms with Crippen LogP contribution in [0.15, 0.2) is 24.3 Å². The van der Waals surface area contributed by atoms with Crippen molar-refractivity contribution in [2.75, 3.05) is 11.9 Å². The lowest BCUT2D eigenvalue weighted by molar-refractivity contribution is 0.0946. The molecule has 0 radical (unpaired) electrons. The Balaban J connectivity index is 1.83. The van der Waals surface area contributed by atoms with Crippen molar-refractivity contribution in [2.24, 2.45) is 5.92 Å². The Bertz CT molecular complexity index is 839. The number of anilines is 1. The highest BCUT2D eigenvalue weighted by Gasteiger charge is 2.27. The second-order valence-electron chi connectivity index (χ2n) is 7.55. The number of benzene rings is 1. The van der Waals surface area contributed by atoms with Gasteiger partial charge < -0.3 is 15.2 Å². The average molecular weight is 368 g/mol. The second-order valence-corrected chi connectivity index (χ2v) is 7.55. The molecule has 2 N–H and O–H groups in total. The van der Waals surface area contributed by atoms with Gasteiger partial charge in [-0.25, -0.2) is 4.98 Å². The molecule has 6 nitrogen and oxygen atoms in total. The maximum absolute atomic E-state index is 12.9. The summed E-state index contributed by atoms with van der Waals surface area (Å²) in [6.07, 6.45) is 3.69. The molecule has 3 rings (SSSR count). The summed E-state index contributed by atoms with van der Waals surface area (Å²) in [6, 6.07) is 7.64. The molecule has 0 aliphatic carbocycles. The summed E-state index contributed by atoms with van der Waals surface area (Å²) in [4.78, 5) is 29.9. The number of para-hydroxylation sites is 1. The number of nitrogens with one attached hydrogen (secondary N) is 2. The Morgan fingerprint density at radius 1 is 1.19 bits per heavy atom. The Hall–Kier alpha value is -2.63. The fraction of sp³-hybridized carbons (Fsp3) is 0.476. The Labute approximate surface area is 160 Å². The van der Waals surface area contributed by atoms with Crippen LogP contribution in [0, 0.1) is 12.8 Å². The Morgan fingerprint density at radius 3 is 2.70 bits per heavy atom. The summed E-state index contributed by atoms with van der Waals surface area (Å²) in [7, 11) is 0. The number of amides is 2. The van der Waals surface area contributed by atoms with Gasteiger partial charge in [0.15, 0.2) is 5.82 Å². The Kier molecular flexibility index (Phi) is 5.94. The van der Waals surface area contributed by atoms with Gasteiger partial charge in [-0.05, 0) is 50.2 Å². The van der Waals surface area contributed by atoms with E-state index in [0.717, 1.165) is 49.2 Å². The number of hydrogen-bond donors (Lipinski definition) is 2. The van der Waals surface area contributed by atoms with Crippen LogP contribution in [0.5, 0.6) is 0 Å². The molecule has 0 unspecified atom stereocenters. The number of carbonyl (C=O) groups excluding carboxylic acids is 2. The fourth-order valence-electron chi connectivity index (χ4n) is 3.35. The van der Waals surface area contributed by atoms with Crippen molar-refractivity contribution in [2.45, 2.75) is 53.0 Å². The molecule has 0 saturated heterocycles. The van der Waals surface area contributed by atoms with E-state index in [2.05, 4.69) is 29.5 Å². The van der Waals surface area contributed by atoms with Crippen LogP contribution in [0.4, 0.5) is 5.69 Å². The molecular formula is C21H28N4O2. The Morgan fingerprint density at radius 2 is 1.96 bits per heavy atom. The van der Waals surface area contributed by atoms with Crippen molar-refractivity contribution in [1.29, 1.82) is 0 Å². The summed E-state index contributed by atoms with van der Waals surface area (Å²) in [5.74, 6) is 0.392. The van der Waals surface area contributed by atoms with Gasteiger partial charge in [0.1, 0.15) is 5.69 Å². The third-order valence-corrected chi connectivity index (χ3v) is 4.94. The monoisotopic (exact) mass is 368 g/mol. The standard InChI is InChI=1S/C21H28N4O2/c1-14(2)11-12-22-20(26)18-17-10-6-7-13-25(17)19(24-18)21(27)23-16-9-5-4-8-15(16)3/h4-5,8-9,14H,6-7,10-13H2,1-3H3,(H,22,26)(H,23,27). The van der Waals surface area contributed by atoms with Gasteiger partial charge >= 0.3 is 0 Å². The van der Waals surface area contributed by atoms with E-state index in [1.54, 1.807) is 0 Å². The molecule has 0 atom stereocenters. The molecule has 2 heterocycles. The minimum Gasteiger partial charge on any atom is -0.351 e. The lowest BCUT2D eigenvalue weighted by atomic mass is 10.1. The molecule has 1 aromatic carbocycles. The van der Waals surface area contributed by atoms with Gasteiger partial charge in [0, 0.05) is 18.8 Å². The molecule has 2 amide bonds.